The molecule has 136 valence electrons. The second-order valence-electron chi connectivity index (χ2n) is 4.90. The van der Waals surface area contributed by atoms with Gasteiger partial charge in [-0.1, -0.05) is 12.1 Å². The minimum Gasteiger partial charge on any atom is -0.382 e. The van der Waals surface area contributed by atoms with Crippen molar-refractivity contribution in [2.75, 3.05) is 32.8 Å². The van der Waals surface area contributed by atoms with Crippen molar-refractivity contribution in [3.8, 4) is 0 Å². The average molecular weight is 452 g/mol. The van der Waals surface area contributed by atoms with Gasteiger partial charge in [0.1, 0.15) is 5.82 Å². The Hall–Kier alpha value is -1.42. The standard InChI is InChI=1S/C16H25FN4O2.HI/c1-2-23-11-3-8-20-16(18)21-10-9-19-15(22)12-13-4-6-14(17)7-5-13;/h4-7H,2-3,8-12H2,1H3,(H,19,22)(H3,18,20,21);1H. The average Bonchev–Trinajstić information content (AvgIpc) is 2.53. The number of aliphatic imine (C=N–C) groups is 1. The van der Waals surface area contributed by atoms with Crippen LogP contribution in [0.3, 0.4) is 0 Å². The van der Waals surface area contributed by atoms with Crippen LogP contribution < -0.4 is 16.4 Å². The lowest BCUT2D eigenvalue weighted by molar-refractivity contribution is -0.120. The molecule has 4 N–H and O–H groups in total. The number of halogens is 2. The fourth-order valence-corrected chi connectivity index (χ4v) is 1.81. The summed E-state index contributed by atoms with van der Waals surface area (Å²) in [6.07, 6.45) is 1.05. The maximum absolute atomic E-state index is 12.8. The predicted molar refractivity (Wildman–Crippen MR) is 104 cm³/mol. The molecule has 0 fully saturated rings. The monoisotopic (exact) mass is 452 g/mol. The van der Waals surface area contributed by atoms with Crippen molar-refractivity contribution in [1.82, 2.24) is 10.6 Å². The van der Waals surface area contributed by atoms with Gasteiger partial charge in [0.05, 0.1) is 6.42 Å². The Balaban J connectivity index is 0.00000529. The lowest BCUT2D eigenvalue weighted by Crippen LogP contribution is -2.38. The van der Waals surface area contributed by atoms with Crippen molar-refractivity contribution in [3.05, 3.63) is 35.6 Å². The Kier molecular flexibility index (Phi) is 13.1. The minimum absolute atomic E-state index is 0. The SMILES string of the molecule is CCOCCCN=C(N)NCCNC(=O)Cc1ccc(F)cc1.I. The van der Waals surface area contributed by atoms with Gasteiger partial charge >= 0.3 is 0 Å². The van der Waals surface area contributed by atoms with Crippen LogP contribution in [0.2, 0.25) is 0 Å². The van der Waals surface area contributed by atoms with E-state index in [9.17, 15) is 9.18 Å². The van der Waals surface area contributed by atoms with E-state index in [4.69, 9.17) is 10.5 Å². The Morgan fingerprint density at radius 3 is 2.58 bits per heavy atom. The summed E-state index contributed by atoms with van der Waals surface area (Å²) >= 11 is 0. The van der Waals surface area contributed by atoms with E-state index in [1.54, 1.807) is 12.1 Å². The number of nitrogens with two attached hydrogens (primary N) is 1. The van der Waals surface area contributed by atoms with E-state index in [0.717, 1.165) is 12.0 Å². The highest BCUT2D eigenvalue weighted by atomic mass is 127. The molecule has 0 bridgehead atoms. The molecule has 0 aliphatic rings. The van der Waals surface area contributed by atoms with Gasteiger partial charge in [-0.05, 0) is 31.0 Å². The van der Waals surface area contributed by atoms with Gasteiger partial charge in [-0.25, -0.2) is 4.39 Å². The van der Waals surface area contributed by atoms with E-state index in [1.807, 2.05) is 6.92 Å². The lowest BCUT2D eigenvalue weighted by Gasteiger charge is -2.08. The molecule has 0 atom stereocenters. The Labute approximate surface area is 159 Å². The fraction of sp³-hybridized carbons (Fsp3) is 0.500. The molecule has 24 heavy (non-hydrogen) atoms. The minimum atomic E-state index is -0.311. The van der Waals surface area contributed by atoms with Crippen LogP contribution in [0.4, 0.5) is 4.39 Å². The molecule has 0 aliphatic heterocycles. The maximum Gasteiger partial charge on any atom is 0.224 e. The molecular weight excluding hydrogens is 426 g/mol. The maximum atomic E-state index is 12.8. The zero-order valence-electron chi connectivity index (χ0n) is 13.9. The predicted octanol–water partition coefficient (Wildman–Crippen LogP) is 1.43. The number of ether oxygens (including phenoxy) is 1. The van der Waals surface area contributed by atoms with Crippen molar-refractivity contribution < 1.29 is 13.9 Å². The Morgan fingerprint density at radius 2 is 1.92 bits per heavy atom. The normalized spacial score (nSPS) is 10.8. The van der Waals surface area contributed by atoms with Crippen molar-refractivity contribution in [3.63, 3.8) is 0 Å². The van der Waals surface area contributed by atoms with Gasteiger partial charge in [0.15, 0.2) is 5.96 Å². The lowest BCUT2D eigenvalue weighted by atomic mass is 10.1. The van der Waals surface area contributed by atoms with Crippen molar-refractivity contribution >= 4 is 35.8 Å². The van der Waals surface area contributed by atoms with Crippen LogP contribution in [0.25, 0.3) is 0 Å². The summed E-state index contributed by atoms with van der Waals surface area (Å²) in [4.78, 5) is 15.9. The molecule has 1 aromatic carbocycles. The second kappa shape index (κ2) is 14.0. The number of hydrogen-bond acceptors (Lipinski definition) is 3. The summed E-state index contributed by atoms with van der Waals surface area (Å²) in [6.45, 7) is 4.87. The van der Waals surface area contributed by atoms with Crippen molar-refractivity contribution in [2.24, 2.45) is 10.7 Å². The molecule has 0 saturated heterocycles. The number of nitrogens with zero attached hydrogens (tertiary/aromatic N) is 1. The van der Waals surface area contributed by atoms with E-state index in [0.29, 0.717) is 38.8 Å². The van der Waals surface area contributed by atoms with E-state index in [-0.39, 0.29) is 42.1 Å². The summed E-state index contributed by atoms with van der Waals surface area (Å²) in [6, 6.07) is 5.87. The third kappa shape index (κ3) is 11.2. The summed E-state index contributed by atoms with van der Waals surface area (Å²) in [5.74, 6) is -0.0747. The van der Waals surface area contributed by atoms with Crippen LogP contribution in [-0.2, 0) is 16.0 Å². The molecular formula is C16H26FIN4O2. The zero-order chi connectivity index (χ0) is 16.9. The Morgan fingerprint density at radius 1 is 1.25 bits per heavy atom. The van der Waals surface area contributed by atoms with Gasteiger partial charge in [0.2, 0.25) is 5.91 Å². The summed E-state index contributed by atoms with van der Waals surface area (Å²) in [5.41, 5.74) is 6.46. The Bertz CT molecular complexity index is 497. The number of hydrogen-bond donors (Lipinski definition) is 3. The molecule has 0 saturated carbocycles. The molecule has 6 nitrogen and oxygen atoms in total. The molecule has 1 rings (SSSR count). The quantitative estimate of drug-likeness (QED) is 0.217. The molecule has 1 amide bonds. The molecule has 0 spiro atoms. The summed E-state index contributed by atoms with van der Waals surface area (Å²) in [7, 11) is 0. The highest BCUT2D eigenvalue weighted by Crippen LogP contribution is 2.03. The number of benzene rings is 1. The van der Waals surface area contributed by atoms with Gasteiger partial charge < -0.3 is 21.1 Å². The number of guanidine groups is 1. The third-order valence-corrected chi connectivity index (χ3v) is 2.96. The van der Waals surface area contributed by atoms with E-state index in [2.05, 4.69) is 15.6 Å². The van der Waals surface area contributed by atoms with E-state index in [1.165, 1.54) is 12.1 Å². The molecule has 0 heterocycles. The van der Waals surface area contributed by atoms with Crippen LogP contribution in [0.1, 0.15) is 18.9 Å². The van der Waals surface area contributed by atoms with Crippen LogP contribution in [0.5, 0.6) is 0 Å². The molecule has 8 heteroatoms. The zero-order valence-corrected chi connectivity index (χ0v) is 16.2. The largest absolute Gasteiger partial charge is 0.382 e. The second-order valence-corrected chi connectivity index (χ2v) is 4.90. The molecule has 0 radical (unpaired) electrons. The van der Waals surface area contributed by atoms with E-state index < -0.39 is 0 Å². The first-order valence-electron chi connectivity index (χ1n) is 7.74. The van der Waals surface area contributed by atoms with Crippen LogP contribution in [0.15, 0.2) is 29.3 Å². The number of nitrogens with one attached hydrogen (secondary N) is 2. The summed E-state index contributed by atoms with van der Waals surface area (Å²) < 4.78 is 18.0. The van der Waals surface area contributed by atoms with Gasteiger partial charge in [-0.2, -0.15) is 0 Å². The molecule has 0 aliphatic carbocycles. The van der Waals surface area contributed by atoms with E-state index >= 15 is 0 Å². The molecule has 1 aromatic rings. The van der Waals surface area contributed by atoms with Gasteiger partial charge in [0.25, 0.3) is 0 Å². The molecule has 0 unspecified atom stereocenters. The topological polar surface area (TPSA) is 88.7 Å². The first-order valence-corrected chi connectivity index (χ1v) is 7.74. The number of carbonyl (C=O) groups excluding carboxylic acids is 1. The number of amides is 1. The van der Waals surface area contributed by atoms with Gasteiger partial charge in [0, 0.05) is 32.8 Å². The van der Waals surface area contributed by atoms with Crippen molar-refractivity contribution in [1.29, 1.82) is 0 Å². The van der Waals surface area contributed by atoms with Gasteiger partial charge in [-0.3, -0.25) is 9.79 Å². The molecule has 0 aromatic heterocycles. The first-order chi connectivity index (χ1) is 11.1. The highest BCUT2D eigenvalue weighted by molar-refractivity contribution is 14.0. The van der Waals surface area contributed by atoms with Gasteiger partial charge in [-0.15, -0.1) is 24.0 Å². The number of carbonyl (C=O) groups is 1. The number of rotatable bonds is 10. The first kappa shape index (κ1) is 22.6. The van der Waals surface area contributed by atoms with Crippen molar-refractivity contribution in [2.45, 2.75) is 19.8 Å². The third-order valence-electron chi connectivity index (χ3n) is 2.96. The highest BCUT2D eigenvalue weighted by Gasteiger charge is 2.03. The van der Waals surface area contributed by atoms with Crippen LogP contribution >= 0.6 is 24.0 Å². The van der Waals surface area contributed by atoms with Crippen LogP contribution in [-0.4, -0.2) is 44.7 Å². The summed E-state index contributed by atoms with van der Waals surface area (Å²) in [5, 5.41) is 5.68. The smallest absolute Gasteiger partial charge is 0.224 e. The fourth-order valence-electron chi connectivity index (χ4n) is 1.81. The van der Waals surface area contributed by atoms with Crippen LogP contribution in [0, 0.1) is 5.82 Å².